The molecule has 3 N–H and O–H groups in total. The SMILES string of the molecule is Nc1cnn(CC(=O)Nc2cccc(F)c2)c1. The molecule has 17 heavy (non-hydrogen) atoms. The van der Waals surface area contributed by atoms with Crippen molar-refractivity contribution in [3.63, 3.8) is 0 Å². The van der Waals surface area contributed by atoms with Gasteiger partial charge in [0, 0.05) is 11.9 Å². The summed E-state index contributed by atoms with van der Waals surface area (Å²) < 4.78 is 14.3. The van der Waals surface area contributed by atoms with E-state index < -0.39 is 5.82 Å². The number of nitrogens with two attached hydrogens (primary N) is 1. The standard InChI is InChI=1S/C11H11FN4O/c12-8-2-1-3-10(4-8)15-11(17)7-16-6-9(13)5-14-16/h1-6H,7,13H2,(H,15,17). The first kappa shape index (κ1) is 11.1. The lowest BCUT2D eigenvalue weighted by molar-refractivity contribution is -0.116. The van der Waals surface area contributed by atoms with Crippen LogP contribution < -0.4 is 11.1 Å². The number of nitrogen functional groups attached to an aromatic ring is 1. The molecule has 0 saturated carbocycles. The van der Waals surface area contributed by atoms with Crippen molar-refractivity contribution in [1.82, 2.24) is 9.78 Å². The topological polar surface area (TPSA) is 72.9 Å². The maximum Gasteiger partial charge on any atom is 0.246 e. The van der Waals surface area contributed by atoms with Crippen LogP contribution in [0.2, 0.25) is 0 Å². The van der Waals surface area contributed by atoms with Crippen LogP contribution in [0.4, 0.5) is 15.8 Å². The molecule has 2 aromatic rings. The van der Waals surface area contributed by atoms with Gasteiger partial charge in [0.1, 0.15) is 12.4 Å². The number of nitrogens with one attached hydrogen (secondary N) is 1. The fraction of sp³-hybridized carbons (Fsp3) is 0.0909. The van der Waals surface area contributed by atoms with Gasteiger partial charge in [-0.3, -0.25) is 9.48 Å². The molecule has 6 heteroatoms. The van der Waals surface area contributed by atoms with Gasteiger partial charge in [-0.05, 0) is 18.2 Å². The molecule has 0 aliphatic carbocycles. The Morgan fingerprint density at radius 2 is 2.35 bits per heavy atom. The second kappa shape index (κ2) is 4.65. The number of amides is 1. The highest BCUT2D eigenvalue weighted by Crippen LogP contribution is 2.09. The first-order chi connectivity index (χ1) is 8.13. The van der Waals surface area contributed by atoms with Gasteiger partial charge in [-0.15, -0.1) is 0 Å². The number of benzene rings is 1. The van der Waals surface area contributed by atoms with Crippen LogP contribution in [0, 0.1) is 5.82 Å². The highest BCUT2D eigenvalue weighted by Gasteiger charge is 2.05. The fourth-order valence-corrected chi connectivity index (χ4v) is 1.38. The van der Waals surface area contributed by atoms with Gasteiger partial charge in [-0.2, -0.15) is 5.10 Å². The molecule has 2 rings (SSSR count). The zero-order chi connectivity index (χ0) is 12.3. The number of aromatic nitrogens is 2. The fourth-order valence-electron chi connectivity index (χ4n) is 1.38. The van der Waals surface area contributed by atoms with Gasteiger partial charge in [0.2, 0.25) is 5.91 Å². The molecular weight excluding hydrogens is 223 g/mol. The highest BCUT2D eigenvalue weighted by atomic mass is 19.1. The van der Waals surface area contributed by atoms with Crippen molar-refractivity contribution in [1.29, 1.82) is 0 Å². The number of hydrogen-bond donors (Lipinski definition) is 2. The van der Waals surface area contributed by atoms with E-state index in [1.807, 2.05) is 0 Å². The van der Waals surface area contributed by atoms with Crippen molar-refractivity contribution in [2.75, 3.05) is 11.1 Å². The summed E-state index contributed by atoms with van der Waals surface area (Å²) in [7, 11) is 0. The summed E-state index contributed by atoms with van der Waals surface area (Å²) in [5.74, 6) is -0.690. The van der Waals surface area contributed by atoms with E-state index in [1.54, 1.807) is 12.3 Å². The van der Waals surface area contributed by atoms with Crippen LogP contribution in [0.15, 0.2) is 36.7 Å². The van der Waals surface area contributed by atoms with Crippen LogP contribution in [-0.4, -0.2) is 15.7 Å². The van der Waals surface area contributed by atoms with E-state index in [0.29, 0.717) is 11.4 Å². The molecule has 0 unspecified atom stereocenters. The number of hydrogen-bond acceptors (Lipinski definition) is 3. The van der Waals surface area contributed by atoms with Crippen molar-refractivity contribution in [2.45, 2.75) is 6.54 Å². The number of carbonyl (C=O) groups is 1. The summed E-state index contributed by atoms with van der Waals surface area (Å²) in [4.78, 5) is 11.6. The van der Waals surface area contributed by atoms with Crippen molar-refractivity contribution in [2.24, 2.45) is 0 Å². The molecule has 0 spiro atoms. The Hall–Kier alpha value is -2.37. The number of halogens is 1. The van der Waals surface area contributed by atoms with E-state index in [-0.39, 0.29) is 12.5 Å². The van der Waals surface area contributed by atoms with Crippen molar-refractivity contribution in [3.8, 4) is 0 Å². The highest BCUT2D eigenvalue weighted by molar-refractivity contribution is 5.90. The summed E-state index contributed by atoms with van der Waals surface area (Å²) in [5.41, 5.74) is 6.36. The molecule has 0 atom stereocenters. The predicted molar refractivity (Wildman–Crippen MR) is 61.7 cm³/mol. The van der Waals surface area contributed by atoms with Crippen LogP contribution in [0.5, 0.6) is 0 Å². The first-order valence-electron chi connectivity index (χ1n) is 4.97. The van der Waals surface area contributed by atoms with Crippen LogP contribution in [0.25, 0.3) is 0 Å². The van der Waals surface area contributed by atoms with Crippen LogP contribution in [-0.2, 0) is 11.3 Å². The second-order valence-electron chi connectivity index (χ2n) is 3.53. The summed E-state index contributed by atoms with van der Waals surface area (Å²) >= 11 is 0. The third-order valence-electron chi connectivity index (χ3n) is 2.07. The van der Waals surface area contributed by atoms with Gasteiger partial charge in [0.25, 0.3) is 0 Å². The maximum absolute atomic E-state index is 12.9. The lowest BCUT2D eigenvalue weighted by Gasteiger charge is -2.05. The molecule has 0 fully saturated rings. The number of anilines is 2. The Balaban J connectivity index is 1.98. The van der Waals surface area contributed by atoms with Gasteiger partial charge < -0.3 is 11.1 Å². The molecule has 1 heterocycles. The molecular formula is C11H11FN4O. The molecule has 5 nitrogen and oxygen atoms in total. The predicted octanol–water partition coefficient (Wildman–Crippen LogP) is 1.24. The molecule has 0 aliphatic rings. The molecule has 1 aromatic heterocycles. The van der Waals surface area contributed by atoms with Gasteiger partial charge in [-0.25, -0.2) is 4.39 Å². The van der Waals surface area contributed by atoms with E-state index >= 15 is 0 Å². The lowest BCUT2D eigenvalue weighted by Crippen LogP contribution is -2.19. The van der Waals surface area contributed by atoms with E-state index in [1.165, 1.54) is 29.1 Å². The molecule has 88 valence electrons. The zero-order valence-corrected chi connectivity index (χ0v) is 8.93. The van der Waals surface area contributed by atoms with Crippen molar-refractivity contribution < 1.29 is 9.18 Å². The Morgan fingerprint density at radius 1 is 1.53 bits per heavy atom. The molecule has 0 saturated heterocycles. The normalized spacial score (nSPS) is 10.2. The summed E-state index contributed by atoms with van der Waals surface area (Å²) in [6.07, 6.45) is 3.00. The minimum atomic E-state index is -0.397. The quantitative estimate of drug-likeness (QED) is 0.839. The minimum absolute atomic E-state index is 0.0354. The zero-order valence-electron chi connectivity index (χ0n) is 8.93. The van der Waals surface area contributed by atoms with Gasteiger partial charge in [0.05, 0.1) is 11.9 Å². The lowest BCUT2D eigenvalue weighted by atomic mass is 10.3. The maximum atomic E-state index is 12.9. The van der Waals surface area contributed by atoms with E-state index in [4.69, 9.17) is 5.73 Å². The van der Waals surface area contributed by atoms with Crippen LogP contribution in [0.1, 0.15) is 0 Å². The first-order valence-corrected chi connectivity index (χ1v) is 4.97. The Kier molecular flexibility index (Phi) is 3.04. The third kappa shape index (κ3) is 3.04. The van der Waals surface area contributed by atoms with Crippen molar-refractivity contribution in [3.05, 3.63) is 42.5 Å². The third-order valence-corrected chi connectivity index (χ3v) is 2.07. The number of nitrogens with zero attached hydrogens (tertiary/aromatic N) is 2. The van der Waals surface area contributed by atoms with Crippen molar-refractivity contribution >= 4 is 17.3 Å². The Bertz CT molecular complexity index is 538. The minimum Gasteiger partial charge on any atom is -0.396 e. The summed E-state index contributed by atoms with van der Waals surface area (Å²) in [6.45, 7) is 0.0354. The molecule has 1 amide bonds. The molecule has 1 aromatic carbocycles. The average molecular weight is 234 g/mol. The monoisotopic (exact) mass is 234 g/mol. The Labute approximate surface area is 97.0 Å². The van der Waals surface area contributed by atoms with Gasteiger partial charge in [-0.1, -0.05) is 6.07 Å². The largest absolute Gasteiger partial charge is 0.396 e. The van der Waals surface area contributed by atoms with Crippen LogP contribution in [0.3, 0.4) is 0 Å². The van der Waals surface area contributed by atoms with E-state index in [9.17, 15) is 9.18 Å². The van der Waals surface area contributed by atoms with Gasteiger partial charge in [0.15, 0.2) is 0 Å². The van der Waals surface area contributed by atoms with Crippen LogP contribution >= 0.6 is 0 Å². The van der Waals surface area contributed by atoms with Gasteiger partial charge >= 0.3 is 0 Å². The van der Waals surface area contributed by atoms with E-state index in [0.717, 1.165) is 0 Å². The molecule has 0 radical (unpaired) electrons. The smallest absolute Gasteiger partial charge is 0.246 e. The van der Waals surface area contributed by atoms with E-state index in [2.05, 4.69) is 10.4 Å². The second-order valence-corrected chi connectivity index (χ2v) is 3.53. The molecule has 0 aliphatic heterocycles. The number of carbonyl (C=O) groups excluding carboxylic acids is 1. The molecule has 0 bridgehead atoms. The average Bonchev–Trinajstić information content (AvgIpc) is 2.63. The summed E-state index contributed by atoms with van der Waals surface area (Å²) in [6, 6.07) is 5.69. The number of rotatable bonds is 3. The Morgan fingerprint density at radius 3 is 3.00 bits per heavy atom. The summed E-state index contributed by atoms with van der Waals surface area (Å²) in [5, 5.41) is 6.43.